The number of azo groups is 1. The Morgan fingerprint density at radius 2 is 1.46 bits per heavy atom. The summed E-state index contributed by atoms with van der Waals surface area (Å²) in [5.74, 6) is -1.06. The van der Waals surface area contributed by atoms with Gasteiger partial charge in [-0.25, -0.2) is 0 Å². The van der Waals surface area contributed by atoms with Gasteiger partial charge in [0.05, 0.1) is 10.6 Å². The van der Waals surface area contributed by atoms with Gasteiger partial charge in [0, 0.05) is 10.9 Å². The van der Waals surface area contributed by atoms with Gasteiger partial charge in [-0.05, 0) is 47.4 Å². The summed E-state index contributed by atoms with van der Waals surface area (Å²) in [7, 11) is -9.52. The lowest BCUT2D eigenvalue weighted by atomic mass is 10.1. The lowest BCUT2D eigenvalue weighted by Gasteiger charge is -2.09. The predicted octanol–water partition coefficient (Wildman–Crippen LogP) is 5.35. The molecule has 0 heterocycles. The smallest absolute Gasteiger partial charge is 0.298 e. The molecule has 0 fully saturated rings. The van der Waals surface area contributed by atoms with Crippen LogP contribution in [0.3, 0.4) is 0 Å². The van der Waals surface area contributed by atoms with Crippen LogP contribution in [0.25, 0.3) is 16.8 Å². The van der Waals surface area contributed by atoms with Gasteiger partial charge in [-0.3, -0.25) is 13.9 Å². The number of nitrogens with zero attached hydrogens (tertiary/aromatic N) is 2. The first-order chi connectivity index (χ1) is 17.4. The van der Waals surface area contributed by atoms with E-state index in [1.807, 2.05) is 6.07 Å². The number of carbonyl (C=O) groups is 1. The third-order valence-corrected chi connectivity index (χ3v) is 6.96. The molecule has 4 rings (SSSR count). The lowest BCUT2D eigenvalue weighted by molar-refractivity contribution is 0.104. The van der Waals surface area contributed by atoms with E-state index >= 15 is 0 Å². The molecular weight excluding hydrogens is 520 g/mol. The maximum absolute atomic E-state index is 12.2. The summed E-state index contributed by atoms with van der Waals surface area (Å²) in [5, 5.41) is 18.5. The fraction of sp³-hybridized carbons (Fsp3) is 0. The molecule has 0 saturated heterocycles. The zero-order valence-electron chi connectivity index (χ0n) is 18.8. The summed E-state index contributed by atoms with van der Waals surface area (Å²) in [6.07, 6.45) is 3.05. The molecule has 0 atom stereocenters. The van der Waals surface area contributed by atoms with E-state index in [2.05, 4.69) is 10.2 Å². The third kappa shape index (κ3) is 5.95. The Bertz CT molecular complexity index is 1780. The van der Waals surface area contributed by atoms with Crippen LogP contribution in [-0.2, 0) is 20.2 Å². The molecule has 0 aliphatic heterocycles. The molecule has 188 valence electrons. The first-order valence-corrected chi connectivity index (χ1v) is 13.4. The number of aromatic hydroxyl groups is 1. The van der Waals surface area contributed by atoms with Crippen molar-refractivity contribution in [3.8, 4) is 5.75 Å². The number of hydrogen-bond acceptors (Lipinski definition) is 8. The van der Waals surface area contributed by atoms with Crippen LogP contribution in [0.2, 0.25) is 0 Å². The van der Waals surface area contributed by atoms with Crippen LogP contribution in [-0.4, -0.2) is 36.8 Å². The Morgan fingerprint density at radius 3 is 2.08 bits per heavy atom. The highest BCUT2D eigenvalue weighted by molar-refractivity contribution is 7.86. The molecule has 4 aromatic rings. The second kappa shape index (κ2) is 10.0. The summed E-state index contributed by atoms with van der Waals surface area (Å²) >= 11 is 0. The molecule has 0 aromatic heterocycles. The second-order valence-corrected chi connectivity index (χ2v) is 10.6. The summed E-state index contributed by atoms with van der Waals surface area (Å²) in [4.78, 5) is 10.8. The monoisotopic (exact) mass is 538 g/mol. The SMILES string of the molecule is O=C(/C=C\c1ccc(N=Nc2c(O)c(S(=O)(=O)O)cc3cc(S(=O)(=O)O)ccc23)cc1)c1ccccc1. The molecule has 4 aromatic carbocycles. The molecule has 37 heavy (non-hydrogen) atoms. The van der Waals surface area contributed by atoms with Gasteiger partial charge >= 0.3 is 0 Å². The fourth-order valence-electron chi connectivity index (χ4n) is 3.42. The highest BCUT2D eigenvalue weighted by Crippen LogP contribution is 2.41. The topological polar surface area (TPSA) is 171 Å². The van der Waals surface area contributed by atoms with Gasteiger partial charge in [0.25, 0.3) is 20.2 Å². The summed E-state index contributed by atoms with van der Waals surface area (Å²) in [6, 6.07) is 19.3. The average Bonchev–Trinajstić information content (AvgIpc) is 2.86. The predicted molar refractivity (Wildman–Crippen MR) is 136 cm³/mol. The van der Waals surface area contributed by atoms with Crippen molar-refractivity contribution in [2.45, 2.75) is 9.79 Å². The van der Waals surface area contributed by atoms with Crippen molar-refractivity contribution in [1.29, 1.82) is 0 Å². The van der Waals surface area contributed by atoms with Gasteiger partial charge in [-0.15, -0.1) is 5.11 Å². The van der Waals surface area contributed by atoms with Crippen molar-refractivity contribution < 1.29 is 35.8 Å². The van der Waals surface area contributed by atoms with Crippen LogP contribution in [0.15, 0.2) is 105 Å². The number of ketones is 1. The van der Waals surface area contributed by atoms with Crippen molar-refractivity contribution >= 4 is 54.2 Å². The van der Waals surface area contributed by atoms with Gasteiger partial charge in [-0.1, -0.05) is 54.6 Å². The zero-order chi connectivity index (χ0) is 26.8. The zero-order valence-corrected chi connectivity index (χ0v) is 20.4. The number of benzene rings is 4. The standard InChI is InChI=1S/C25H18N2O8S2/c28-22(17-4-2-1-3-5-17)13-8-16-6-9-19(10-7-16)26-27-24-21-12-11-20(36(30,31)32)14-18(21)15-23(25(24)29)37(33,34)35/h1-15,29H,(H,30,31,32)(H,33,34,35)/b13-8-,27-26?. The Morgan fingerprint density at radius 1 is 0.784 bits per heavy atom. The van der Waals surface area contributed by atoms with Crippen molar-refractivity contribution in [3.63, 3.8) is 0 Å². The van der Waals surface area contributed by atoms with Crippen LogP contribution >= 0.6 is 0 Å². The molecule has 0 spiro atoms. The first kappa shape index (κ1) is 25.9. The molecule has 0 unspecified atom stereocenters. The molecule has 10 nitrogen and oxygen atoms in total. The average molecular weight is 539 g/mol. The minimum absolute atomic E-state index is 0.0435. The van der Waals surface area contributed by atoms with E-state index in [1.54, 1.807) is 54.6 Å². The minimum Gasteiger partial charge on any atom is -0.504 e. The van der Waals surface area contributed by atoms with E-state index in [1.165, 1.54) is 12.1 Å². The Kier molecular flexibility index (Phi) is 7.01. The van der Waals surface area contributed by atoms with Crippen LogP contribution in [0, 0.1) is 0 Å². The van der Waals surface area contributed by atoms with Gasteiger partial charge in [0.2, 0.25) is 0 Å². The number of hydrogen-bond donors (Lipinski definition) is 3. The number of carbonyl (C=O) groups excluding carboxylic acids is 1. The Labute approximate surface area is 211 Å². The number of fused-ring (bicyclic) bond motifs is 1. The largest absolute Gasteiger partial charge is 0.504 e. The minimum atomic E-state index is -4.92. The van der Waals surface area contributed by atoms with Crippen molar-refractivity contribution in [2.75, 3.05) is 0 Å². The van der Waals surface area contributed by atoms with E-state index in [-0.39, 0.29) is 22.2 Å². The van der Waals surface area contributed by atoms with E-state index in [9.17, 15) is 35.8 Å². The van der Waals surface area contributed by atoms with Gasteiger partial charge in [0.1, 0.15) is 10.6 Å². The fourth-order valence-corrected chi connectivity index (χ4v) is 4.55. The summed E-state index contributed by atoms with van der Waals surface area (Å²) in [6.45, 7) is 0. The van der Waals surface area contributed by atoms with Gasteiger partial charge < -0.3 is 5.11 Å². The summed E-state index contributed by atoms with van der Waals surface area (Å²) < 4.78 is 65.3. The molecule has 0 bridgehead atoms. The van der Waals surface area contributed by atoms with Crippen molar-refractivity contribution in [2.24, 2.45) is 10.2 Å². The molecule has 0 saturated carbocycles. The molecule has 0 radical (unpaired) electrons. The normalized spacial score (nSPS) is 12.5. The number of phenols is 1. The quantitative estimate of drug-likeness (QED) is 0.122. The molecule has 12 heteroatoms. The highest BCUT2D eigenvalue weighted by atomic mass is 32.2. The first-order valence-electron chi connectivity index (χ1n) is 10.5. The molecule has 3 N–H and O–H groups in total. The number of phenolic OH excluding ortho intramolecular Hbond substituents is 1. The Balaban J connectivity index is 1.68. The molecule has 0 aliphatic rings. The van der Waals surface area contributed by atoms with Crippen LogP contribution in [0.1, 0.15) is 15.9 Å². The molecule has 0 amide bonds. The summed E-state index contributed by atoms with van der Waals surface area (Å²) in [5.41, 5.74) is 1.21. The van der Waals surface area contributed by atoms with E-state index in [0.717, 1.165) is 18.2 Å². The third-order valence-electron chi connectivity index (χ3n) is 5.24. The van der Waals surface area contributed by atoms with Crippen LogP contribution in [0.5, 0.6) is 5.75 Å². The van der Waals surface area contributed by atoms with Crippen LogP contribution < -0.4 is 0 Å². The number of rotatable bonds is 7. The second-order valence-electron chi connectivity index (χ2n) is 7.76. The van der Waals surface area contributed by atoms with E-state index in [0.29, 0.717) is 16.8 Å². The maximum atomic E-state index is 12.2. The Hall–Kier alpha value is -4.23. The van der Waals surface area contributed by atoms with Gasteiger partial charge in [-0.2, -0.15) is 21.9 Å². The van der Waals surface area contributed by atoms with E-state index in [4.69, 9.17) is 0 Å². The van der Waals surface area contributed by atoms with Crippen molar-refractivity contribution in [3.05, 3.63) is 96.1 Å². The lowest BCUT2D eigenvalue weighted by Crippen LogP contribution is -2.00. The van der Waals surface area contributed by atoms with Crippen molar-refractivity contribution in [1.82, 2.24) is 0 Å². The molecular formula is C25H18N2O8S2. The highest BCUT2D eigenvalue weighted by Gasteiger charge is 2.23. The van der Waals surface area contributed by atoms with Crippen LogP contribution in [0.4, 0.5) is 11.4 Å². The number of allylic oxidation sites excluding steroid dienone is 1. The van der Waals surface area contributed by atoms with Gasteiger partial charge in [0.15, 0.2) is 11.5 Å². The van der Waals surface area contributed by atoms with E-state index < -0.39 is 35.8 Å². The maximum Gasteiger partial charge on any atom is 0.298 e. The molecule has 0 aliphatic carbocycles.